The minimum atomic E-state index is -0.329. The first-order valence-corrected chi connectivity index (χ1v) is 9.74. The lowest BCUT2D eigenvalue weighted by Gasteiger charge is -2.39. The first-order valence-electron chi connectivity index (χ1n) is 9.74. The van der Waals surface area contributed by atoms with Crippen LogP contribution < -0.4 is 5.32 Å². The summed E-state index contributed by atoms with van der Waals surface area (Å²) in [6.45, 7) is 3.95. The molecule has 1 unspecified atom stereocenters. The number of hydrogen-bond acceptors (Lipinski definition) is 3. The van der Waals surface area contributed by atoms with Gasteiger partial charge in [-0.25, -0.2) is 0 Å². The Labute approximate surface area is 145 Å². The third kappa shape index (κ3) is 4.59. The van der Waals surface area contributed by atoms with Crippen LogP contribution in [0.15, 0.2) is 12.2 Å². The number of carbonyl (C=O) groups is 2. The second kappa shape index (κ2) is 8.65. The fourth-order valence-corrected chi connectivity index (χ4v) is 4.28. The Kier molecular flexibility index (Phi) is 6.30. The average molecular weight is 333 g/mol. The monoisotopic (exact) mass is 333 g/mol. The summed E-state index contributed by atoms with van der Waals surface area (Å²) in [5.74, 6) is 0.00693. The van der Waals surface area contributed by atoms with Crippen molar-refractivity contribution in [3.05, 3.63) is 12.2 Å². The molecule has 2 aliphatic heterocycles. The van der Waals surface area contributed by atoms with E-state index in [4.69, 9.17) is 0 Å². The van der Waals surface area contributed by atoms with Crippen molar-refractivity contribution in [2.24, 2.45) is 0 Å². The Balaban J connectivity index is 1.47. The molecule has 3 aliphatic rings. The van der Waals surface area contributed by atoms with Gasteiger partial charge in [0.2, 0.25) is 11.8 Å². The Morgan fingerprint density at radius 2 is 1.75 bits per heavy atom. The molecule has 5 heteroatoms. The molecule has 0 aromatic heterocycles. The van der Waals surface area contributed by atoms with E-state index in [9.17, 15) is 9.59 Å². The molecule has 2 heterocycles. The predicted molar refractivity (Wildman–Crippen MR) is 94.6 cm³/mol. The fourth-order valence-electron chi connectivity index (χ4n) is 4.28. The van der Waals surface area contributed by atoms with Gasteiger partial charge in [-0.1, -0.05) is 25.3 Å². The molecule has 0 spiro atoms. The number of piperidine rings is 1. The van der Waals surface area contributed by atoms with Crippen LogP contribution in [-0.2, 0) is 9.59 Å². The van der Waals surface area contributed by atoms with Crippen LogP contribution in [0.3, 0.4) is 0 Å². The highest BCUT2D eigenvalue weighted by atomic mass is 16.2. The normalized spacial score (nSPS) is 27.1. The highest BCUT2D eigenvalue weighted by molar-refractivity contribution is 5.93. The van der Waals surface area contributed by atoms with E-state index in [0.717, 1.165) is 51.9 Å². The number of carbonyl (C=O) groups excluding carboxylic acids is 2. The molecule has 134 valence electrons. The van der Waals surface area contributed by atoms with Gasteiger partial charge in [0.1, 0.15) is 6.04 Å². The van der Waals surface area contributed by atoms with Crippen molar-refractivity contribution < 1.29 is 9.59 Å². The number of likely N-dealkylation sites (tertiary alicyclic amines) is 2. The summed E-state index contributed by atoms with van der Waals surface area (Å²) in [6, 6.07) is 0.0706. The predicted octanol–water partition coefficient (Wildman–Crippen LogP) is 2.08. The molecule has 0 bridgehead atoms. The topological polar surface area (TPSA) is 52.7 Å². The van der Waals surface area contributed by atoms with E-state index in [1.54, 1.807) is 6.08 Å². The van der Waals surface area contributed by atoms with Crippen molar-refractivity contribution in [1.82, 2.24) is 15.1 Å². The second-order valence-corrected chi connectivity index (χ2v) is 7.44. The molecule has 2 amide bonds. The molecule has 5 nitrogen and oxygen atoms in total. The van der Waals surface area contributed by atoms with Crippen molar-refractivity contribution in [3.8, 4) is 0 Å². The van der Waals surface area contributed by atoms with Crippen molar-refractivity contribution in [2.45, 2.75) is 69.9 Å². The summed E-state index contributed by atoms with van der Waals surface area (Å²) in [5.41, 5.74) is 0. The highest BCUT2D eigenvalue weighted by Gasteiger charge is 2.34. The van der Waals surface area contributed by atoms with E-state index in [1.807, 2.05) is 11.0 Å². The summed E-state index contributed by atoms with van der Waals surface area (Å²) in [4.78, 5) is 29.2. The van der Waals surface area contributed by atoms with Crippen LogP contribution in [0.1, 0.15) is 57.8 Å². The third-order valence-electron chi connectivity index (χ3n) is 5.64. The van der Waals surface area contributed by atoms with E-state index in [-0.39, 0.29) is 17.9 Å². The van der Waals surface area contributed by atoms with Crippen molar-refractivity contribution in [3.63, 3.8) is 0 Å². The molecule has 0 radical (unpaired) electrons. The fraction of sp³-hybridized carbons (Fsp3) is 0.789. The molecular weight excluding hydrogens is 302 g/mol. The van der Waals surface area contributed by atoms with E-state index in [0.29, 0.717) is 6.04 Å². The zero-order valence-electron chi connectivity index (χ0n) is 14.7. The summed E-state index contributed by atoms with van der Waals surface area (Å²) in [6.07, 6.45) is 13.8. The molecule has 1 aliphatic carbocycles. The molecule has 1 N–H and O–H groups in total. The molecule has 0 aromatic rings. The Morgan fingerprint density at radius 3 is 2.50 bits per heavy atom. The minimum Gasteiger partial charge on any atom is -0.341 e. The van der Waals surface area contributed by atoms with E-state index in [2.05, 4.69) is 10.2 Å². The number of nitrogens with zero attached hydrogens (tertiary/aromatic N) is 2. The first kappa shape index (κ1) is 17.5. The standard InChI is InChI=1S/C19H31N3O2/c23-18(11-7-14-21-12-4-5-13-21)20-17-10-6-15-22(19(17)24)16-8-2-1-3-9-16/h7,11,16-17H,1-6,8-10,12-15H2,(H,20,23)/b11-7+. The highest BCUT2D eigenvalue weighted by Crippen LogP contribution is 2.26. The summed E-state index contributed by atoms with van der Waals surface area (Å²) < 4.78 is 0. The lowest BCUT2D eigenvalue weighted by molar-refractivity contribution is -0.141. The third-order valence-corrected chi connectivity index (χ3v) is 5.64. The van der Waals surface area contributed by atoms with Gasteiger partial charge in [-0.3, -0.25) is 14.5 Å². The minimum absolute atomic E-state index is 0.127. The van der Waals surface area contributed by atoms with Gasteiger partial charge in [0, 0.05) is 25.2 Å². The quantitative estimate of drug-likeness (QED) is 0.784. The molecule has 3 rings (SSSR count). The van der Waals surface area contributed by atoms with Gasteiger partial charge in [-0.2, -0.15) is 0 Å². The largest absolute Gasteiger partial charge is 0.341 e. The van der Waals surface area contributed by atoms with Crippen LogP contribution in [0.5, 0.6) is 0 Å². The van der Waals surface area contributed by atoms with Crippen molar-refractivity contribution >= 4 is 11.8 Å². The van der Waals surface area contributed by atoms with Crippen LogP contribution in [-0.4, -0.2) is 59.9 Å². The number of nitrogens with one attached hydrogen (secondary N) is 1. The zero-order valence-corrected chi connectivity index (χ0v) is 14.7. The number of amides is 2. The van der Waals surface area contributed by atoms with Crippen LogP contribution in [0, 0.1) is 0 Å². The molecule has 0 aromatic carbocycles. The molecule has 1 atom stereocenters. The van der Waals surface area contributed by atoms with Crippen LogP contribution in [0.4, 0.5) is 0 Å². The number of rotatable bonds is 5. The van der Waals surface area contributed by atoms with E-state index >= 15 is 0 Å². The van der Waals surface area contributed by atoms with Gasteiger partial charge in [0.15, 0.2) is 0 Å². The maximum absolute atomic E-state index is 12.7. The first-order chi connectivity index (χ1) is 11.7. The smallest absolute Gasteiger partial charge is 0.245 e. The van der Waals surface area contributed by atoms with Gasteiger partial charge in [-0.15, -0.1) is 0 Å². The summed E-state index contributed by atoms with van der Waals surface area (Å²) >= 11 is 0. The van der Waals surface area contributed by atoms with Crippen molar-refractivity contribution in [2.75, 3.05) is 26.2 Å². The summed E-state index contributed by atoms with van der Waals surface area (Å²) in [5, 5.41) is 2.93. The molecule has 1 saturated carbocycles. The molecule has 3 fully saturated rings. The summed E-state index contributed by atoms with van der Waals surface area (Å²) in [7, 11) is 0. The second-order valence-electron chi connectivity index (χ2n) is 7.44. The van der Waals surface area contributed by atoms with Gasteiger partial charge >= 0.3 is 0 Å². The molecule has 2 saturated heterocycles. The zero-order chi connectivity index (χ0) is 16.8. The number of hydrogen-bond donors (Lipinski definition) is 1. The lowest BCUT2D eigenvalue weighted by Crippen LogP contribution is -2.55. The van der Waals surface area contributed by atoms with Crippen LogP contribution >= 0.6 is 0 Å². The SMILES string of the molecule is O=C(/C=C/CN1CCCC1)NC1CCCN(C2CCCCC2)C1=O. The average Bonchev–Trinajstić information content (AvgIpc) is 3.11. The van der Waals surface area contributed by atoms with Gasteiger partial charge in [-0.05, 0) is 51.6 Å². The molecular formula is C19H31N3O2. The Hall–Kier alpha value is -1.36. The Bertz CT molecular complexity index is 465. The van der Waals surface area contributed by atoms with Crippen LogP contribution in [0.25, 0.3) is 0 Å². The van der Waals surface area contributed by atoms with Gasteiger partial charge < -0.3 is 10.2 Å². The van der Waals surface area contributed by atoms with Gasteiger partial charge in [0.05, 0.1) is 0 Å². The maximum Gasteiger partial charge on any atom is 0.245 e. The van der Waals surface area contributed by atoms with Crippen LogP contribution in [0.2, 0.25) is 0 Å². The van der Waals surface area contributed by atoms with E-state index < -0.39 is 0 Å². The maximum atomic E-state index is 12.7. The van der Waals surface area contributed by atoms with E-state index in [1.165, 1.54) is 32.1 Å². The lowest BCUT2D eigenvalue weighted by atomic mass is 9.91. The Morgan fingerprint density at radius 1 is 1.00 bits per heavy atom. The van der Waals surface area contributed by atoms with Crippen molar-refractivity contribution in [1.29, 1.82) is 0 Å². The van der Waals surface area contributed by atoms with Gasteiger partial charge in [0.25, 0.3) is 0 Å². The molecule has 24 heavy (non-hydrogen) atoms.